The Balaban J connectivity index is 2.24. The van der Waals surface area contributed by atoms with E-state index in [-0.39, 0.29) is 17.6 Å². The summed E-state index contributed by atoms with van der Waals surface area (Å²) in [6.07, 6.45) is 0.0411. The number of ether oxygens (including phenoxy) is 1. The summed E-state index contributed by atoms with van der Waals surface area (Å²) in [5, 5.41) is 0. The summed E-state index contributed by atoms with van der Waals surface area (Å²) in [5.74, 6) is -0.0132. The van der Waals surface area contributed by atoms with Crippen LogP contribution in [-0.4, -0.2) is 35.6 Å². The molecule has 0 saturated carbocycles. The highest BCUT2D eigenvalue weighted by molar-refractivity contribution is 5.99. The molecule has 0 radical (unpaired) electrons. The van der Waals surface area contributed by atoms with Gasteiger partial charge in [-0.1, -0.05) is 6.07 Å². The number of nitrogen functional groups attached to an aromatic ring is 1. The zero-order valence-corrected chi connectivity index (χ0v) is 12.1. The number of aryl methyl sites for hydroxylation is 1. The molecule has 4 nitrogen and oxygen atoms in total. The average molecular weight is 262 g/mol. The van der Waals surface area contributed by atoms with E-state index in [4.69, 9.17) is 10.5 Å². The first-order chi connectivity index (χ1) is 8.78. The van der Waals surface area contributed by atoms with Gasteiger partial charge >= 0.3 is 0 Å². The Morgan fingerprint density at radius 1 is 1.47 bits per heavy atom. The van der Waals surface area contributed by atoms with Crippen LogP contribution in [-0.2, 0) is 4.74 Å². The summed E-state index contributed by atoms with van der Waals surface area (Å²) >= 11 is 0. The maximum atomic E-state index is 12.6. The minimum Gasteiger partial charge on any atom is -0.398 e. The molecule has 2 N–H and O–H groups in total. The highest BCUT2D eigenvalue weighted by Crippen LogP contribution is 2.24. The van der Waals surface area contributed by atoms with Crippen molar-refractivity contribution in [2.75, 3.05) is 18.8 Å². The Kier molecular flexibility index (Phi) is 3.54. The van der Waals surface area contributed by atoms with Gasteiger partial charge in [0.1, 0.15) is 0 Å². The van der Waals surface area contributed by atoms with Crippen LogP contribution in [0.25, 0.3) is 0 Å². The molecule has 19 heavy (non-hydrogen) atoms. The second-order valence-electron chi connectivity index (χ2n) is 5.96. The van der Waals surface area contributed by atoms with Crippen molar-refractivity contribution >= 4 is 11.6 Å². The minimum absolute atomic E-state index is 0.0132. The van der Waals surface area contributed by atoms with Gasteiger partial charge in [0.15, 0.2) is 0 Å². The molecule has 1 aliphatic rings. The molecule has 1 atom stereocenters. The molecule has 0 spiro atoms. The average Bonchev–Trinajstić information content (AvgIpc) is 2.25. The van der Waals surface area contributed by atoms with Crippen LogP contribution in [0.4, 0.5) is 5.69 Å². The van der Waals surface area contributed by atoms with E-state index in [1.54, 1.807) is 6.07 Å². The number of nitrogens with zero attached hydrogens (tertiary/aromatic N) is 1. The summed E-state index contributed by atoms with van der Waals surface area (Å²) < 4.78 is 5.81. The normalized spacial score (nSPS) is 22.3. The summed E-state index contributed by atoms with van der Waals surface area (Å²) in [6, 6.07) is 5.56. The van der Waals surface area contributed by atoms with Crippen LogP contribution in [0.5, 0.6) is 0 Å². The molecule has 1 saturated heterocycles. The first-order valence-corrected chi connectivity index (χ1v) is 6.62. The molecule has 1 unspecified atom stereocenters. The number of carbonyl (C=O) groups excluding carboxylic acids is 1. The molecule has 0 aromatic heterocycles. The highest BCUT2D eigenvalue weighted by atomic mass is 16.5. The fraction of sp³-hybridized carbons (Fsp3) is 0.533. The van der Waals surface area contributed by atoms with Gasteiger partial charge in [-0.25, -0.2) is 0 Å². The van der Waals surface area contributed by atoms with E-state index in [2.05, 4.69) is 0 Å². The molecule has 1 amide bonds. The fourth-order valence-corrected chi connectivity index (χ4v) is 2.66. The molecular weight excluding hydrogens is 240 g/mol. The summed E-state index contributed by atoms with van der Waals surface area (Å²) in [6.45, 7) is 9.15. The standard InChI is InChI=1S/C15H22N2O2/c1-10-5-6-12(13(16)7-10)14(18)17-8-11(2)19-15(3,4)9-17/h5-7,11H,8-9,16H2,1-4H3. The third-order valence-corrected chi connectivity index (χ3v) is 3.29. The molecule has 1 aromatic rings. The summed E-state index contributed by atoms with van der Waals surface area (Å²) in [5.41, 5.74) is 7.82. The zero-order valence-electron chi connectivity index (χ0n) is 12.1. The number of anilines is 1. The molecule has 2 rings (SSSR count). The molecule has 1 fully saturated rings. The maximum absolute atomic E-state index is 12.6. The van der Waals surface area contributed by atoms with Crippen molar-refractivity contribution in [3.05, 3.63) is 29.3 Å². The lowest BCUT2D eigenvalue weighted by molar-refractivity contribution is -0.118. The SMILES string of the molecule is Cc1ccc(C(=O)N2CC(C)OC(C)(C)C2)c(N)c1. The number of benzene rings is 1. The van der Waals surface area contributed by atoms with Crippen molar-refractivity contribution < 1.29 is 9.53 Å². The highest BCUT2D eigenvalue weighted by Gasteiger charge is 2.34. The van der Waals surface area contributed by atoms with Gasteiger partial charge in [-0.15, -0.1) is 0 Å². The fourth-order valence-electron chi connectivity index (χ4n) is 2.66. The van der Waals surface area contributed by atoms with Gasteiger partial charge in [0.2, 0.25) is 0 Å². The van der Waals surface area contributed by atoms with Gasteiger partial charge in [-0.05, 0) is 45.4 Å². The van der Waals surface area contributed by atoms with Crippen molar-refractivity contribution in [1.82, 2.24) is 4.90 Å². The first-order valence-electron chi connectivity index (χ1n) is 6.62. The molecule has 104 valence electrons. The van der Waals surface area contributed by atoms with Crippen LogP contribution in [0.2, 0.25) is 0 Å². The molecule has 0 aliphatic carbocycles. The van der Waals surface area contributed by atoms with E-state index in [1.165, 1.54) is 0 Å². The second-order valence-corrected chi connectivity index (χ2v) is 5.96. The summed E-state index contributed by atoms with van der Waals surface area (Å²) in [7, 11) is 0. The Labute approximate surface area is 114 Å². The van der Waals surface area contributed by atoms with Gasteiger partial charge in [-0.3, -0.25) is 4.79 Å². The van der Waals surface area contributed by atoms with Crippen LogP contribution >= 0.6 is 0 Å². The van der Waals surface area contributed by atoms with Crippen LogP contribution in [0.3, 0.4) is 0 Å². The van der Waals surface area contributed by atoms with Crippen molar-refractivity contribution in [2.45, 2.75) is 39.4 Å². The van der Waals surface area contributed by atoms with Gasteiger partial charge < -0.3 is 15.4 Å². The van der Waals surface area contributed by atoms with Gasteiger partial charge in [0.25, 0.3) is 5.91 Å². The van der Waals surface area contributed by atoms with Crippen molar-refractivity contribution in [3.8, 4) is 0 Å². The van der Waals surface area contributed by atoms with E-state index in [0.29, 0.717) is 24.3 Å². The maximum Gasteiger partial charge on any atom is 0.256 e. The van der Waals surface area contributed by atoms with Crippen LogP contribution in [0.15, 0.2) is 18.2 Å². The molecular formula is C15H22N2O2. The predicted molar refractivity (Wildman–Crippen MR) is 76.1 cm³/mol. The second kappa shape index (κ2) is 4.85. The smallest absolute Gasteiger partial charge is 0.256 e. The molecule has 1 aliphatic heterocycles. The van der Waals surface area contributed by atoms with Gasteiger partial charge in [0, 0.05) is 18.8 Å². The Hall–Kier alpha value is -1.55. The molecule has 0 bridgehead atoms. The minimum atomic E-state index is -0.313. The van der Waals surface area contributed by atoms with Crippen LogP contribution < -0.4 is 5.73 Å². The Morgan fingerprint density at radius 3 is 2.74 bits per heavy atom. The number of hydrogen-bond donors (Lipinski definition) is 1. The number of carbonyl (C=O) groups is 1. The summed E-state index contributed by atoms with van der Waals surface area (Å²) in [4.78, 5) is 14.4. The quantitative estimate of drug-likeness (QED) is 0.789. The van der Waals surface area contributed by atoms with Crippen molar-refractivity contribution in [3.63, 3.8) is 0 Å². The topological polar surface area (TPSA) is 55.6 Å². The molecule has 1 heterocycles. The third kappa shape index (κ3) is 3.07. The van der Waals surface area contributed by atoms with Gasteiger partial charge in [-0.2, -0.15) is 0 Å². The lowest BCUT2D eigenvalue weighted by atomic mass is 10.0. The van der Waals surface area contributed by atoms with E-state index in [9.17, 15) is 4.79 Å². The van der Waals surface area contributed by atoms with E-state index < -0.39 is 0 Å². The Morgan fingerprint density at radius 2 is 2.16 bits per heavy atom. The monoisotopic (exact) mass is 262 g/mol. The number of morpholine rings is 1. The van der Waals surface area contributed by atoms with Crippen molar-refractivity contribution in [2.24, 2.45) is 0 Å². The zero-order chi connectivity index (χ0) is 14.2. The largest absolute Gasteiger partial charge is 0.398 e. The lowest BCUT2D eigenvalue weighted by Crippen LogP contribution is -2.53. The molecule has 1 aromatic carbocycles. The van der Waals surface area contributed by atoms with Crippen molar-refractivity contribution in [1.29, 1.82) is 0 Å². The van der Waals surface area contributed by atoms with Crippen LogP contribution in [0, 0.1) is 6.92 Å². The predicted octanol–water partition coefficient (Wildman–Crippen LogP) is 2.22. The number of amides is 1. The lowest BCUT2D eigenvalue weighted by Gasteiger charge is -2.41. The first kappa shape index (κ1) is 13.9. The van der Waals surface area contributed by atoms with Gasteiger partial charge in [0.05, 0.1) is 17.3 Å². The molecule has 4 heteroatoms. The number of rotatable bonds is 1. The number of hydrogen-bond acceptors (Lipinski definition) is 3. The third-order valence-electron chi connectivity index (χ3n) is 3.29. The van der Waals surface area contributed by atoms with E-state index in [1.807, 2.05) is 44.7 Å². The Bertz CT molecular complexity index is 497. The van der Waals surface area contributed by atoms with Crippen LogP contribution in [0.1, 0.15) is 36.7 Å². The van der Waals surface area contributed by atoms with E-state index in [0.717, 1.165) is 5.56 Å². The number of nitrogens with two attached hydrogens (primary N) is 1. The van der Waals surface area contributed by atoms with E-state index >= 15 is 0 Å².